The van der Waals surface area contributed by atoms with Gasteiger partial charge in [-0.05, 0) is 66.4 Å². The predicted octanol–water partition coefficient (Wildman–Crippen LogP) is 4.78. The molecular weight excluding hydrogens is 466 g/mol. The standard InChI is InChI=1S/C26H25N3O5S/c1-17-12-18(2)14-23(13-17)28-25(30)24(15-19-8-10-21(11-9-19)27(3)4)35(33,34)26(28)20-6-5-7-22(16-20)29(31)32/h5-16,26H,1-4H3/b24-15-. The lowest BCUT2D eigenvalue weighted by molar-refractivity contribution is -0.384. The summed E-state index contributed by atoms with van der Waals surface area (Å²) in [5.74, 6) is -0.678. The van der Waals surface area contributed by atoms with E-state index in [2.05, 4.69) is 0 Å². The van der Waals surface area contributed by atoms with Crippen LogP contribution in [0.15, 0.2) is 71.6 Å². The van der Waals surface area contributed by atoms with Crippen molar-refractivity contribution in [2.45, 2.75) is 19.2 Å². The smallest absolute Gasteiger partial charge is 0.271 e. The molecule has 0 spiro atoms. The van der Waals surface area contributed by atoms with Gasteiger partial charge in [-0.3, -0.25) is 19.8 Å². The van der Waals surface area contributed by atoms with Gasteiger partial charge in [0.1, 0.15) is 4.91 Å². The molecule has 35 heavy (non-hydrogen) atoms. The molecule has 1 unspecified atom stereocenters. The summed E-state index contributed by atoms with van der Waals surface area (Å²) < 4.78 is 27.6. The number of nitrogens with zero attached hydrogens (tertiary/aromatic N) is 3. The average molecular weight is 492 g/mol. The molecule has 1 heterocycles. The van der Waals surface area contributed by atoms with Crippen molar-refractivity contribution in [1.29, 1.82) is 0 Å². The molecule has 0 radical (unpaired) electrons. The Kier molecular flexibility index (Phi) is 6.21. The lowest BCUT2D eigenvalue weighted by atomic mass is 10.1. The van der Waals surface area contributed by atoms with Crippen LogP contribution in [-0.4, -0.2) is 33.3 Å². The maximum atomic E-state index is 13.8. The molecule has 1 amide bonds. The first kappa shape index (κ1) is 24.2. The highest BCUT2D eigenvalue weighted by atomic mass is 32.2. The second-order valence-corrected chi connectivity index (χ2v) is 10.7. The Bertz CT molecular complexity index is 1440. The Hall–Kier alpha value is -3.98. The third kappa shape index (κ3) is 4.54. The molecule has 0 bridgehead atoms. The lowest BCUT2D eigenvalue weighted by Gasteiger charge is -2.24. The van der Waals surface area contributed by atoms with Gasteiger partial charge in [-0.15, -0.1) is 0 Å². The number of rotatable bonds is 5. The molecule has 0 N–H and O–H groups in total. The largest absolute Gasteiger partial charge is 0.378 e. The van der Waals surface area contributed by atoms with Crippen LogP contribution >= 0.6 is 0 Å². The van der Waals surface area contributed by atoms with E-state index < -0.39 is 26.0 Å². The topological polar surface area (TPSA) is 101 Å². The summed E-state index contributed by atoms with van der Waals surface area (Å²) >= 11 is 0. The Labute approximate surface area is 204 Å². The Morgan fingerprint density at radius 2 is 1.60 bits per heavy atom. The van der Waals surface area contributed by atoms with E-state index in [1.54, 1.807) is 24.3 Å². The SMILES string of the molecule is Cc1cc(C)cc(N2C(=O)/C(=C/c3ccc(N(C)C)cc3)S(=O)(=O)C2c2cccc([N+](=O)[O-])c2)c1. The fourth-order valence-corrected chi connectivity index (χ4v) is 6.11. The molecule has 1 aliphatic heterocycles. The van der Waals surface area contributed by atoms with Crippen molar-refractivity contribution in [2.75, 3.05) is 23.9 Å². The normalized spacial score (nSPS) is 18.2. The zero-order valence-corrected chi connectivity index (χ0v) is 20.6. The number of hydrogen-bond donors (Lipinski definition) is 0. The van der Waals surface area contributed by atoms with Crippen LogP contribution < -0.4 is 9.80 Å². The minimum Gasteiger partial charge on any atom is -0.378 e. The van der Waals surface area contributed by atoms with Crippen LogP contribution in [0.25, 0.3) is 6.08 Å². The van der Waals surface area contributed by atoms with Gasteiger partial charge in [0.2, 0.25) is 9.84 Å². The number of benzene rings is 3. The van der Waals surface area contributed by atoms with Gasteiger partial charge in [0.15, 0.2) is 5.37 Å². The summed E-state index contributed by atoms with van der Waals surface area (Å²) in [4.78, 5) is 27.2. The molecular formula is C26H25N3O5S. The van der Waals surface area contributed by atoms with Crippen molar-refractivity contribution < 1.29 is 18.1 Å². The maximum Gasteiger partial charge on any atom is 0.271 e. The van der Waals surface area contributed by atoms with Gasteiger partial charge < -0.3 is 4.90 Å². The minimum atomic E-state index is -4.22. The van der Waals surface area contributed by atoms with Crippen molar-refractivity contribution in [3.05, 3.63) is 104 Å². The van der Waals surface area contributed by atoms with Crippen LogP contribution in [0.5, 0.6) is 0 Å². The summed E-state index contributed by atoms with van der Waals surface area (Å²) in [7, 11) is -0.430. The van der Waals surface area contributed by atoms with Gasteiger partial charge in [0.25, 0.3) is 11.6 Å². The first-order chi connectivity index (χ1) is 16.5. The first-order valence-electron chi connectivity index (χ1n) is 10.9. The third-order valence-electron chi connectivity index (χ3n) is 5.82. The van der Waals surface area contributed by atoms with Gasteiger partial charge in [0.05, 0.1) is 4.92 Å². The van der Waals surface area contributed by atoms with E-state index >= 15 is 0 Å². The van der Waals surface area contributed by atoms with Gasteiger partial charge in [-0.2, -0.15) is 0 Å². The minimum absolute atomic E-state index is 0.151. The van der Waals surface area contributed by atoms with Crippen molar-refractivity contribution in [2.24, 2.45) is 0 Å². The van der Waals surface area contributed by atoms with Crippen LogP contribution in [0.3, 0.4) is 0 Å². The molecule has 1 saturated heterocycles. The number of nitro benzene ring substituents is 1. The van der Waals surface area contributed by atoms with Crippen LogP contribution in [0.4, 0.5) is 17.1 Å². The van der Waals surface area contributed by atoms with Crippen molar-refractivity contribution in [3.8, 4) is 0 Å². The average Bonchev–Trinajstić information content (AvgIpc) is 2.99. The second-order valence-electron chi connectivity index (χ2n) is 8.77. The maximum absolute atomic E-state index is 13.8. The molecule has 0 aliphatic carbocycles. The molecule has 1 fully saturated rings. The van der Waals surface area contributed by atoms with Gasteiger partial charge in [-0.1, -0.05) is 30.3 Å². The van der Waals surface area contributed by atoms with Gasteiger partial charge in [0, 0.05) is 37.6 Å². The summed E-state index contributed by atoms with van der Waals surface area (Å²) in [6.45, 7) is 3.72. The molecule has 1 atom stereocenters. The Morgan fingerprint density at radius 3 is 2.17 bits per heavy atom. The molecule has 9 heteroatoms. The van der Waals surface area contributed by atoms with Crippen LogP contribution in [-0.2, 0) is 14.6 Å². The molecule has 0 saturated carbocycles. The van der Waals surface area contributed by atoms with Crippen LogP contribution in [0.2, 0.25) is 0 Å². The highest BCUT2D eigenvalue weighted by Crippen LogP contribution is 2.44. The number of aryl methyl sites for hydroxylation is 2. The van der Waals surface area contributed by atoms with Crippen molar-refractivity contribution in [1.82, 2.24) is 0 Å². The summed E-state index contributed by atoms with van der Waals surface area (Å²) in [5.41, 5.74) is 3.53. The van der Waals surface area contributed by atoms with E-state index in [9.17, 15) is 23.3 Å². The number of non-ortho nitro benzene ring substituents is 1. The van der Waals surface area contributed by atoms with E-state index in [1.807, 2.05) is 51.0 Å². The van der Waals surface area contributed by atoms with E-state index in [4.69, 9.17) is 0 Å². The second kappa shape index (κ2) is 8.99. The monoisotopic (exact) mass is 491 g/mol. The fraction of sp³-hybridized carbons (Fsp3) is 0.192. The van der Waals surface area contributed by atoms with Gasteiger partial charge in [-0.25, -0.2) is 8.42 Å². The number of carbonyl (C=O) groups is 1. The Morgan fingerprint density at radius 1 is 0.971 bits per heavy atom. The number of hydrogen-bond acceptors (Lipinski definition) is 6. The van der Waals surface area contributed by atoms with E-state index in [0.717, 1.165) is 16.8 Å². The summed E-state index contributed by atoms with van der Waals surface area (Å²) in [6, 6.07) is 18.0. The van der Waals surface area contributed by atoms with E-state index in [0.29, 0.717) is 11.3 Å². The van der Waals surface area contributed by atoms with Crippen molar-refractivity contribution >= 4 is 38.9 Å². The quantitative estimate of drug-likeness (QED) is 0.289. The molecule has 3 aromatic rings. The zero-order chi connectivity index (χ0) is 25.5. The van der Waals surface area contributed by atoms with Gasteiger partial charge >= 0.3 is 0 Å². The number of nitro groups is 1. The highest BCUT2D eigenvalue weighted by Gasteiger charge is 2.50. The lowest BCUT2D eigenvalue weighted by Crippen LogP contribution is -2.29. The highest BCUT2D eigenvalue weighted by molar-refractivity contribution is 7.97. The van der Waals surface area contributed by atoms with E-state index in [-0.39, 0.29) is 16.2 Å². The van der Waals surface area contributed by atoms with E-state index in [1.165, 1.54) is 35.2 Å². The molecule has 4 rings (SSSR count). The Balaban J connectivity index is 1.92. The first-order valence-corrected chi connectivity index (χ1v) is 12.4. The zero-order valence-electron chi connectivity index (χ0n) is 19.8. The number of amides is 1. The number of carbonyl (C=O) groups excluding carboxylic acids is 1. The van der Waals surface area contributed by atoms with Crippen LogP contribution in [0, 0.1) is 24.0 Å². The van der Waals surface area contributed by atoms with Crippen LogP contribution in [0.1, 0.15) is 27.6 Å². The molecule has 0 aromatic heterocycles. The number of anilines is 2. The molecule has 8 nitrogen and oxygen atoms in total. The molecule has 1 aliphatic rings. The number of sulfone groups is 1. The summed E-state index contributed by atoms with van der Waals surface area (Å²) in [5, 5.41) is 9.95. The predicted molar refractivity (Wildman–Crippen MR) is 137 cm³/mol. The molecule has 180 valence electrons. The van der Waals surface area contributed by atoms with Crippen molar-refractivity contribution in [3.63, 3.8) is 0 Å². The molecule has 3 aromatic carbocycles. The summed E-state index contributed by atoms with van der Waals surface area (Å²) in [6.07, 6.45) is 1.37. The third-order valence-corrected chi connectivity index (χ3v) is 7.80. The fourth-order valence-electron chi connectivity index (χ4n) is 4.23.